The van der Waals surface area contributed by atoms with E-state index < -0.39 is 0 Å². The molecule has 0 unspecified atom stereocenters. The summed E-state index contributed by atoms with van der Waals surface area (Å²) < 4.78 is 0.739. The van der Waals surface area contributed by atoms with Gasteiger partial charge in [0.2, 0.25) is 0 Å². The number of nitrogens with two attached hydrogens (primary N) is 1. The minimum absolute atomic E-state index is 0.0317. The van der Waals surface area contributed by atoms with Gasteiger partial charge < -0.3 is 10.8 Å². The predicted octanol–water partition coefficient (Wildman–Crippen LogP) is 3.80. The van der Waals surface area contributed by atoms with Gasteiger partial charge in [0, 0.05) is 5.56 Å². The number of benzene rings is 1. The molecule has 0 aliphatic heterocycles. The highest BCUT2D eigenvalue weighted by molar-refractivity contribution is 9.10. The van der Waals surface area contributed by atoms with Gasteiger partial charge in [-0.1, -0.05) is 24.9 Å². The van der Waals surface area contributed by atoms with E-state index in [2.05, 4.69) is 32.8 Å². The fourth-order valence-electron chi connectivity index (χ4n) is 1.69. The molecule has 3 N–H and O–H groups in total. The van der Waals surface area contributed by atoms with E-state index in [4.69, 9.17) is 17.3 Å². The van der Waals surface area contributed by atoms with E-state index in [1.54, 1.807) is 12.1 Å². The van der Waals surface area contributed by atoms with Crippen molar-refractivity contribution in [3.8, 4) is 17.1 Å². The summed E-state index contributed by atoms with van der Waals surface area (Å²) in [6.45, 7) is 2.07. The second-order valence-corrected chi connectivity index (χ2v) is 5.31. The Morgan fingerprint density at radius 3 is 2.74 bits per heavy atom. The second kappa shape index (κ2) is 5.75. The lowest BCUT2D eigenvalue weighted by atomic mass is 10.2. The summed E-state index contributed by atoms with van der Waals surface area (Å²) in [5.41, 5.74) is 7.47. The summed E-state index contributed by atoms with van der Waals surface area (Å²) in [5, 5.41) is 9.69. The van der Waals surface area contributed by atoms with Gasteiger partial charge in [0.1, 0.15) is 11.6 Å². The van der Waals surface area contributed by atoms with Crippen LogP contribution in [-0.4, -0.2) is 15.1 Å². The number of phenols is 1. The van der Waals surface area contributed by atoms with Crippen LogP contribution in [0, 0.1) is 0 Å². The van der Waals surface area contributed by atoms with Gasteiger partial charge in [-0.3, -0.25) is 0 Å². The average Bonchev–Trinajstić information content (AvgIpc) is 2.38. The monoisotopic (exact) mass is 341 g/mol. The molecular formula is C13H13BrClN3O. The number of aryl methyl sites for hydroxylation is 1. The largest absolute Gasteiger partial charge is 0.506 e. The van der Waals surface area contributed by atoms with Crippen LogP contribution in [0.1, 0.15) is 19.0 Å². The van der Waals surface area contributed by atoms with E-state index in [1.807, 2.05) is 0 Å². The highest BCUT2D eigenvalue weighted by Crippen LogP contribution is 2.30. The number of hydrogen-bond donors (Lipinski definition) is 2. The van der Waals surface area contributed by atoms with Gasteiger partial charge >= 0.3 is 0 Å². The molecule has 0 aliphatic rings. The molecule has 1 aromatic heterocycles. The van der Waals surface area contributed by atoms with Gasteiger partial charge in [-0.15, -0.1) is 0 Å². The molecule has 2 rings (SSSR count). The highest BCUT2D eigenvalue weighted by atomic mass is 79.9. The van der Waals surface area contributed by atoms with Crippen LogP contribution < -0.4 is 5.73 Å². The topological polar surface area (TPSA) is 72.0 Å². The Morgan fingerprint density at radius 1 is 1.37 bits per heavy atom. The summed E-state index contributed by atoms with van der Waals surface area (Å²) in [6, 6.07) is 4.84. The first-order valence-corrected chi connectivity index (χ1v) is 7.00. The Hall–Kier alpha value is -1.33. The minimum Gasteiger partial charge on any atom is -0.506 e. The van der Waals surface area contributed by atoms with Crippen LogP contribution in [0.5, 0.6) is 5.75 Å². The zero-order valence-electron chi connectivity index (χ0n) is 10.3. The van der Waals surface area contributed by atoms with E-state index >= 15 is 0 Å². The molecule has 0 radical (unpaired) electrons. The number of hydrogen-bond acceptors (Lipinski definition) is 4. The minimum atomic E-state index is 0.0317. The number of rotatable bonds is 3. The zero-order valence-corrected chi connectivity index (χ0v) is 12.7. The van der Waals surface area contributed by atoms with Crippen molar-refractivity contribution in [2.24, 2.45) is 0 Å². The fourth-order valence-corrected chi connectivity index (χ4v) is 2.25. The van der Waals surface area contributed by atoms with E-state index in [0.29, 0.717) is 11.6 Å². The Labute approximate surface area is 124 Å². The Morgan fingerprint density at radius 2 is 2.11 bits per heavy atom. The summed E-state index contributed by atoms with van der Waals surface area (Å²) in [6.07, 6.45) is 1.77. The Kier molecular flexibility index (Phi) is 4.27. The number of halogens is 2. The van der Waals surface area contributed by atoms with Crippen molar-refractivity contribution in [2.45, 2.75) is 19.8 Å². The second-order valence-electron chi connectivity index (χ2n) is 4.11. The van der Waals surface area contributed by atoms with Crippen LogP contribution in [0.25, 0.3) is 11.4 Å². The molecule has 0 aliphatic carbocycles. The third-order valence-corrected chi connectivity index (χ3v) is 3.80. The summed E-state index contributed by atoms with van der Waals surface area (Å²) >= 11 is 9.29. The van der Waals surface area contributed by atoms with E-state index in [0.717, 1.165) is 28.6 Å². The first-order valence-electron chi connectivity index (χ1n) is 5.83. The fraction of sp³-hybridized carbons (Fsp3) is 0.231. The van der Waals surface area contributed by atoms with Crippen molar-refractivity contribution in [1.29, 1.82) is 0 Å². The van der Waals surface area contributed by atoms with Crippen molar-refractivity contribution in [3.63, 3.8) is 0 Å². The molecule has 0 fully saturated rings. The molecule has 0 amide bonds. The predicted molar refractivity (Wildman–Crippen MR) is 80.3 cm³/mol. The first-order chi connectivity index (χ1) is 9.02. The summed E-state index contributed by atoms with van der Waals surface area (Å²) in [4.78, 5) is 8.72. The van der Waals surface area contributed by atoms with E-state index in [-0.39, 0.29) is 10.8 Å². The highest BCUT2D eigenvalue weighted by Gasteiger charge is 2.12. The van der Waals surface area contributed by atoms with E-state index in [9.17, 15) is 5.11 Å². The molecule has 2 aromatic rings. The third kappa shape index (κ3) is 2.98. The molecule has 19 heavy (non-hydrogen) atoms. The van der Waals surface area contributed by atoms with Crippen molar-refractivity contribution in [2.75, 3.05) is 5.73 Å². The molecule has 0 atom stereocenters. The standard InChI is InChI=1S/C13H13BrClN3O/c1-2-3-9-11(14)12(16)18-13(17-9)7-4-5-10(19)8(15)6-7/h4-6,19H,2-3H2,1H3,(H2,16,17,18). The molecule has 100 valence electrons. The van der Waals surface area contributed by atoms with Crippen LogP contribution >= 0.6 is 27.5 Å². The summed E-state index contributed by atoms with van der Waals surface area (Å²) in [7, 11) is 0. The van der Waals surface area contributed by atoms with Gasteiger partial charge in [0.15, 0.2) is 5.82 Å². The number of nitrogens with zero attached hydrogens (tertiary/aromatic N) is 2. The third-order valence-electron chi connectivity index (χ3n) is 2.64. The van der Waals surface area contributed by atoms with Gasteiger partial charge in [-0.05, 0) is 40.5 Å². The molecule has 0 spiro atoms. The van der Waals surface area contributed by atoms with Crippen molar-refractivity contribution in [3.05, 3.63) is 33.4 Å². The number of aromatic nitrogens is 2. The van der Waals surface area contributed by atoms with Crippen molar-refractivity contribution >= 4 is 33.3 Å². The Bertz CT molecular complexity index is 619. The van der Waals surface area contributed by atoms with E-state index in [1.165, 1.54) is 6.07 Å². The Balaban J connectivity index is 2.52. The van der Waals surface area contributed by atoms with Crippen LogP contribution in [0.3, 0.4) is 0 Å². The lowest BCUT2D eigenvalue weighted by Crippen LogP contribution is -2.02. The lowest BCUT2D eigenvalue weighted by Gasteiger charge is -2.09. The number of aromatic hydroxyl groups is 1. The van der Waals surface area contributed by atoms with Gasteiger partial charge in [-0.2, -0.15) is 0 Å². The molecule has 4 nitrogen and oxygen atoms in total. The molecule has 0 saturated carbocycles. The molecule has 1 aromatic carbocycles. The van der Waals surface area contributed by atoms with Crippen LogP contribution in [0.2, 0.25) is 5.02 Å². The maximum atomic E-state index is 9.42. The van der Waals surface area contributed by atoms with Crippen LogP contribution in [0.15, 0.2) is 22.7 Å². The molecule has 0 bridgehead atoms. The molecule has 1 heterocycles. The molecule has 0 saturated heterocycles. The van der Waals surface area contributed by atoms with Crippen molar-refractivity contribution < 1.29 is 5.11 Å². The smallest absolute Gasteiger partial charge is 0.161 e. The zero-order chi connectivity index (χ0) is 14.0. The lowest BCUT2D eigenvalue weighted by molar-refractivity contribution is 0.475. The number of phenolic OH excluding ortho intramolecular Hbond substituents is 1. The van der Waals surface area contributed by atoms with Crippen molar-refractivity contribution in [1.82, 2.24) is 9.97 Å². The molecular weight excluding hydrogens is 330 g/mol. The average molecular weight is 343 g/mol. The number of anilines is 1. The number of nitrogen functional groups attached to an aromatic ring is 1. The van der Waals surface area contributed by atoms with Crippen LogP contribution in [0.4, 0.5) is 5.82 Å². The van der Waals surface area contributed by atoms with Crippen LogP contribution in [-0.2, 0) is 6.42 Å². The van der Waals surface area contributed by atoms with Gasteiger partial charge in [-0.25, -0.2) is 9.97 Å². The SMILES string of the molecule is CCCc1nc(-c2ccc(O)c(Cl)c2)nc(N)c1Br. The maximum absolute atomic E-state index is 9.42. The quantitative estimate of drug-likeness (QED) is 0.890. The van der Waals surface area contributed by atoms with Gasteiger partial charge in [0.25, 0.3) is 0 Å². The summed E-state index contributed by atoms with van der Waals surface area (Å²) in [5.74, 6) is 0.938. The molecule has 6 heteroatoms. The maximum Gasteiger partial charge on any atom is 0.161 e. The first kappa shape index (κ1) is 14.1. The normalized spacial score (nSPS) is 10.7. The van der Waals surface area contributed by atoms with Gasteiger partial charge in [0.05, 0.1) is 15.2 Å².